The number of aliphatic imine (C=N–C) groups is 1. The molecule has 1 saturated heterocycles. The lowest BCUT2D eigenvalue weighted by Gasteiger charge is -2.38. The fourth-order valence-corrected chi connectivity index (χ4v) is 5.57. The maximum absolute atomic E-state index is 14.5. The molecule has 13 heteroatoms. The van der Waals surface area contributed by atoms with E-state index in [1.165, 1.54) is 29.2 Å². The fourth-order valence-electron chi connectivity index (χ4n) is 4.33. The quantitative estimate of drug-likeness (QED) is 0.343. The van der Waals surface area contributed by atoms with Crippen LogP contribution in [0.2, 0.25) is 0 Å². The van der Waals surface area contributed by atoms with E-state index in [0.29, 0.717) is 34.5 Å². The first-order chi connectivity index (χ1) is 17.2. The molecule has 1 N–H and O–H groups in total. The average molecular weight is 541 g/mol. The summed E-state index contributed by atoms with van der Waals surface area (Å²) in [5.74, 6) is -0.0547. The monoisotopic (exact) mass is 540 g/mol. The molecule has 2 aliphatic heterocycles. The number of likely N-dealkylation sites (tertiary alicyclic amines) is 1. The van der Waals surface area contributed by atoms with Gasteiger partial charge in [0.05, 0.1) is 17.5 Å². The summed E-state index contributed by atoms with van der Waals surface area (Å²) in [5.41, 5.74) is 0.160. The highest BCUT2D eigenvalue weighted by Crippen LogP contribution is 2.32. The van der Waals surface area contributed by atoms with E-state index in [2.05, 4.69) is 20.4 Å². The average Bonchev–Trinajstić information content (AvgIpc) is 3.42. The van der Waals surface area contributed by atoms with Crippen molar-refractivity contribution in [3.05, 3.63) is 42.0 Å². The number of fused-ring (bicyclic) bond motifs is 1. The number of allylic oxidation sites excluding steroid dienone is 1. The number of thioether (sulfide) groups is 1. The molecule has 3 aromatic rings. The molecule has 0 amide bonds. The van der Waals surface area contributed by atoms with Gasteiger partial charge in [0.1, 0.15) is 11.9 Å². The van der Waals surface area contributed by atoms with Crippen molar-refractivity contribution in [2.45, 2.75) is 43.2 Å². The van der Waals surface area contributed by atoms with Crippen LogP contribution in [0.15, 0.2) is 46.1 Å². The Morgan fingerprint density at radius 2 is 2.03 bits per heavy atom. The van der Waals surface area contributed by atoms with Gasteiger partial charge in [-0.1, -0.05) is 0 Å². The maximum atomic E-state index is 14.5. The zero-order valence-corrected chi connectivity index (χ0v) is 21.1. The third kappa shape index (κ3) is 5.23. The predicted octanol–water partition coefficient (Wildman–Crippen LogP) is 5.20. The number of nitrogens with zero attached hydrogens (tertiary/aromatic N) is 5. The van der Waals surface area contributed by atoms with Gasteiger partial charge in [-0.05, 0) is 61.5 Å². The molecule has 1 fully saturated rings. The van der Waals surface area contributed by atoms with Crippen molar-refractivity contribution < 1.29 is 22.3 Å². The van der Waals surface area contributed by atoms with Gasteiger partial charge in [0.15, 0.2) is 6.29 Å². The Kier molecular flexibility index (Phi) is 6.97. The van der Waals surface area contributed by atoms with Crippen molar-refractivity contribution in [1.82, 2.24) is 24.8 Å². The normalized spacial score (nSPS) is 20.4. The van der Waals surface area contributed by atoms with Gasteiger partial charge in [-0.25, -0.2) is 13.9 Å². The first kappa shape index (κ1) is 25.0. The Hall–Kier alpha value is -2.64. The van der Waals surface area contributed by atoms with E-state index in [9.17, 15) is 17.6 Å². The number of hydrogen-bond donors (Lipinski definition) is 1. The van der Waals surface area contributed by atoms with Gasteiger partial charge in [0, 0.05) is 36.0 Å². The van der Waals surface area contributed by atoms with Gasteiger partial charge in [-0.3, -0.25) is 9.89 Å². The molecular formula is C23H24F4N6OS2. The summed E-state index contributed by atoms with van der Waals surface area (Å²) in [4.78, 5) is 12.0. The number of imidazole rings is 1. The molecule has 4 heterocycles. The molecule has 2 unspecified atom stereocenters. The highest BCUT2D eigenvalue weighted by molar-refractivity contribution is 7.98. The molecule has 192 valence electrons. The fraction of sp³-hybridized carbons (Fsp3) is 0.435. The smallest absolute Gasteiger partial charge is 0.419 e. The highest BCUT2D eigenvalue weighted by atomic mass is 32.2. The minimum atomic E-state index is -4.41. The molecule has 0 radical (unpaired) electrons. The highest BCUT2D eigenvalue weighted by Gasteiger charge is 2.35. The topological polar surface area (TPSA) is 67.1 Å². The van der Waals surface area contributed by atoms with E-state index in [0.717, 1.165) is 30.2 Å². The van der Waals surface area contributed by atoms with Crippen molar-refractivity contribution in [1.29, 1.82) is 0 Å². The van der Waals surface area contributed by atoms with Crippen LogP contribution in [0.5, 0.6) is 5.19 Å². The molecule has 36 heavy (non-hydrogen) atoms. The lowest BCUT2D eigenvalue weighted by molar-refractivity contribution is -0.0865. The first-order valence-electron chi connectivity index (χ1n) is 11.4. The molecule has 2 atom stereocenters. The number of hydrogen-bond acceptors (Lipinski definition) is 8. The number of ether oxygens (including phenoxy) is 1. The number of piperidine rings is 1. The summed E-state index contributed by atoms with van der Waals surface area (Å²) in [5, 5.41) is 7.68. The van der Waals surface area contributed by atoms with E-state index in [4.69, 9.17) is 4.74 Å². The molecular weight excluding hydrogens is 516 g/mol. The van der Waals surface area contributed by atoms with Crippen molar-refractivity contribution >= 4 is 34.3 Å². The molecule has 0 aliphatic carbocycles. The Morgan fingerprint density at radius 1 is 1.25 bits per heavy atom. The van der Waals surface area contributed by atoms with Crippen LogP contribution in [0.1, 0.15) is 19.8 Å². The number of nitrogens with one attached hydrogen (secondary N) is 1. The van der Waals surface area contributed by atoms with E-state index in [-0.39, 0.29) is 17.8 Å². The lowest BCUT2D eigenvalue weighted by Crippen LogP contribution is -2.49. The minimum absolute atomic E-state index is 0.0986. The second-order valence-electron chi connectivity index (χ2n) is 8.68. The molecule has 7 nitrogen and oxygen atoms in total. The Balaban J connectivity index is 1.16. The summed E-state index contributed by atoms with van der Waals surface area (Å²) >= 11 is 2.78. The predicted molar refractivity (Wildman–Crippen MR) is 132 cm³/mol. The van der Waals surface area contributed by atoms with E-state index < -0.39 is 18.0 Å². The molecule has 0 bridgehead atoms. The molecule has 1 aromatic carbocycles. The third-order valence-electron chi connectivity index (χ3n) is 6.42. The summed E-state index contributed by atoms with van der Waals surface area (Å²) in [6.07, 6.45) is 2.10. The summed E-state index contributed by atoms with van der Waals surface area (Å²) in [6.45, 7) is 3.37. The zero-order chi connectivity index (χ0) is 25.4. The second kappa shape index (κ2) is 10.0. The number of benzene rings is 1. The van der Waals surface area contributed by atoms with Gasteiger partial charge in [-0.15, -0.1) is 16.9 Å². The van der Waals surface area contributed by atoms with Crippen LogP contribution in [0.4, 0.5) is 17.6 Å². The van der Waals surface area contributed by atoms with Gasteiger partial charge >= 0.3 is 6.18 Å². The van der Waals surface area contributed by atoms with E-state index >= 15 is 0 Å². The van der Waals surface area contributed by atoms with Gasteiger partial charge in [-0.2, -0.15) is 13.2 Å². The van der Waals surface area contributed by atoms with Crippen molar-refractivity contribution in [3.63, 3.8) is 0 Å². The van der Waals surface area contributed by atoms with Gasteiger partial charge in [0.25, 0.3) is 5.19 Å². The number of aromatic nitrogens is 3. The number of rotatable bonds is 6. The lowest BCUT2D eigenvalue weighted by atomic mass is 9.92. The molecule has 0 spiro atoms. The van der Waals surface area contributed by atoms with Gasteiger partial charge < -0.3 is 10.1 Å². The zero-order valence-electron chi connectivity index (χ0n) is 19.5. The van der Waals surface area contributed by atoms with Crippen molar-refractivity contribution in [2.75, 3.05) is 19.3 Å². The van der Waals surface area contributed by atoms with Crippen LogP contribution in [-0.4, -0.2) is 63.6 Å². The molecule has 2 aliphatic rings. The molecule has 2 aromatic heterocycles. The first-order valence-corrected chi connectivity index (χ1v) is 13.4. The maximum Gasteiger partial charge on any atom is 0.419 e. The standard InChI is InChI=1S/C23H24F4N6OS2/c1-13(14-5-7-32(8-6-14)20-28-10-15(11-29-20)23(25,26)27)34-22-31-33-12-19(30-21(33)36-22)17-4-3-16(35-2)9-18(17)24/h3-4,9-14,20,28H,5-8H2,1-2H3. The van der Waals surface area contributed by atoms with Crippen LogP contribution >= 0.6 is 23.1 Å². The molecule has 0 saturated carbocycles. The van der Waals surface area contributed by atoms with Crippen LogP contribution in [-0.2, 0) is 0 Å². The summed E-state index contributed by atoms with van der Waals surface area (Å²) < 4.78 is 60.4. The number of halogens is 4. The Morgan fingerprint density at radius 3 is 2.64 bits per heavy atom. The van der Waals surface area contributed by atoms with E-state index in [1.54, 1.807) is 16.8 Å². The van der Waals surface area contributed by atoms with Gasteiger partial charge in [0.2, 0.25) is 4.96 Å². The van der Waals surface area contributed by atoms with Crippen LogP contribution in [0, 0.1) is 11.7 Å². The number of alkyl halides is 3. The molecule has 5 rings (SSSR count). The second-order valence-corrected chi connectivity index (χ2v) is 10.5. The SMILES string of the molecule is CSc1ccc(-c2cn3nc(OC(C)C4CCN(C5N=CC(C(F)(F)F)=CN5)CC4)sc3n2)c(F)c1. The van der Waals surface area contributed by atoms with Crippen molar-refractivity contribution in [3.8, 4) is 16.5 Å². The summed E-state index contributed by atoms with van der Waals surface area (Å²) in [7, 11) is 0. The third-order valence-corrected chi connectivity index (χ3v) is 7.96. The largest absolute Gasteiger partial charge is 0.466 e. The van der Waals surface area contributed by atoms with Crippen LogP contribution in [0.25, 0.3) is 16.2 Å². The van der Waals surface area contributed by atoms with E-state index in [1.807, 2.05) is 24.1 Å². The van der Waals surface area contributed by atoms with Crippen LogP contribution in [0.3, 0.4) is 0 Å². The minimum Gasteiger partial charge on any atom is -0.466 e. The van der Waals surface area contributed by atoms with Crippen molar-refractivity contribution in [2.24, 2.45) is 10.9 Å². The Bertz CT molecular complexity index is 1260. The Labute approximate surface area is 213 Å². The summed E-state index contributed by atoms with van der Waals surface area (Å²) in [6, 6.07) is 5.08. The van der Waals surface area contributed by atoms with Crippen LogP contribution < -0.4 is 10.1 Å².